The normalized spacial score (nSPS) is 12.4. The van der Waals surface area contributed by atoms with E-state index in [2.05, 4.69) is 4.98 Å². The van der Waals surface area contributed by atoms with Crippen molar-refractivity contribution in [3.05, 3.63) is 65.5 Å². The van der Waals surface area contributed by atoms with Gasteiger partial charge in [-0.15, -0.1) is 0 Å². The van der Waals surface area contributed by atoms with E-state index < -0.39 is 11.6 Å². The van der Waals surface area contributed by atoms with Crippen LogP contribution in [0.3, 0.4) is 0 Å². The fourth-order valence-electron chi connectivity index (χ4n) is 1.78. The lowest BCUT2D eigenvalue weighted by Crippen LogP contribution is -2.12. The van der Waals surface area contributed by atoms with Gasteiger partial charge in [-0.05, 0) is 48.2 Å². The number of aryl methyl sites for hydroxylation is 1. The maximum atomic E-state index is 13.1. The second kappa shape index (κ2) is 5.69. The molecule has 2 aromatic rings. The number of nitrogens with two attached hydrogens (primary N) is 1. The van der Waals surface area contributed by atoms with Gasteiger partial charge in [0, 0.05) is 18.4 Å². The predicted molar refractivity (Wildman–Crippen MR) is 65.8 cm³/mol. The van der Waals surface area contributed by atoms with E-state index in [1.807, 2.05) is 12.1 Å². The molecule has 4 heteroatoms. The van der Waals surface area contributed by atoms with Crippen LogP contribution in [-0.2, 0) is 6.42 Å². The average molecular weight is 248 g/mol. The second-order valence-electron chi connectivity index (χ2n) is 4.17. The van der Waals surface area contributed by atoms with E-state index in [0.29, 0.717) is 12.0 Å². The van der Waals surface area contributed by atoms with E-state index in [-0.39, 0.29) is 6.04 Å². The highest BCUT2D eigenvalue weighted by Gasteiger charge is 2.09. The first-order valence-corrected chi connectivity index (χ1v) is 5.76. The van der Waals surface area contributed by atoms with Crippen LogP contribution in [0.25, 0.3) is 0 Å². The Morgan fingerprint density at radius 2 is 1.78 bits per heavy atom. The molecule has 18 heavy (non-hydrogen) atoms. The molecule has 2 rings (SSSR count). The van der Waals surface area contributed by atoms with Gasteiger partial charge in [0.15, 0.2) is 11.6 Å². The molecule has 0 amide bonds. The second-order valence-corrected chi connectivity index (χ2v) is 4.17. The van der Waals surface area contributed by atoms with Crippen LogP contribution in [0.1, 0.15) is 23.6 Å². The third-order valence-electron chi connectivity index (χ3n) is 2.87. The van der Waals surface area contributed by atoms with Crippen molar-refractivity contribution in [2.24, 2.45) is 5.73 Å². The topological polar surface area (TPSA) is 38.9 Å². The number of pyridine rings is 1. The fraction of sp³-hybridized carbons (Fsp3) is 0.214. The minimum Gasteiger partial charge on any atom is -0.324 e. The quantitative estimate of drug-likeness (QED) is 0.903. The average Bonchev–Trinajstić information content (AvgIpc) is 2.40. The zero-order valence-corrected chi connectivity index (χ0v) is 9.81. The highest BCUT2D eigenvalue weighted by molar-refractivity contribution is 5.21. The molecular formula is C14H14F2N2. The van der Waals surface area contributed by atoms with E-state index >= 15 is 0 Å². The molecule has 1 atom stereocenters. The van der Waals surface area contributed by atoms with Crippen LogP contribution < -0.4 is 5.73 Å². The van der Waals surface area contributed by atoms with E-state index in [4.69, 9.17) is 5.73 Å². The molecule has 1 unspecified atom stereocenters. The maximum Gasteiger partial charge on any atom is 0.159 e. The summed E-state index contributed by atoms with van der Waals surface area (Å²) in [5, 5.41) is 0. The predicted octanol–water partition coefficient (Wildman–Crippen LogP) is 2.99. The zero-order chi connectivity index (χ0) is 13.0. The van der Waals surface area contributed by atoms with Crippen LogP contribution in [0.15, 0.2) is 42.7 Å². The Kier molecular flexibility index (Phi) is 3.99. The van der Waals surface area contributed by atoms with Crippen LogP contribution in [-0.4, -0.2) is 4.98 Å². The zero-order valence-electron chi connectivity index (χ0n) is 9.81. The number of rotatable bonds is 4. The maximum absolute atomic E-state index is 13.1. The summed E-state index contributed by atoms with van der Waals surface area (Å²) < 4.78 is 25.9. The van der Waals surface area contributed by atoms with Crippen LogP contribution in [0.5, 0.6) is 0 Å². The van der Waals surface area contributed by atoms with Gasteiger partial charge < -0.3 is 5.73 Å². The van der Waals surface area contributed by atoms with Crippen molar-refractivity contribution in [2.45, 2.75) is 18.9 Å². The third-order valence-corrected chi connectivity index (χ3v) is 2.87. The monoisotopic (exact) mass is 248 g/mol. The number of halogens is 2. The molecule has 0 aliphatic rings. The third kappa shape index (κ3) is 3.11. The van der Waals surface area contributed by atoms with Crippen molar-refractivity contribution in [1.82, 2.24) is 4.98 Å². The van der Waals surface area contributed by atoms with Crippen molar-refractivity contribution in [1.29, 1.82) is 0 Å². The number of benzene rings is 1. The SMILES string of the molecule is NC(CCc1ccncc1)c1ccc(F)c(F)c1. The molecule has 0 aliphatic carbocycles. The molecule has 0 radical (unpaired) electrons. The van der Waals surface area contributed by atoms with Crippen molar-refractivity contribution < 1.29 is 8.78 Å². The molecule has 0 fully saturated rings. The molecule has 0 aliphatic heterocycles. The fourth-order valence-corrected chi connectivity index (χ4v) is 1.78. The minimum absolute atomic E-state index is 0.298. The molecule has 0 bridgehead atoms. The summed E-state index contributed by atoms with van der Waals surface area (Å²) in [7, 11) is 0. The summed E-state index contributed by atoms with van der Waals surface area (Å²) in [6.45, 7) is 0. The molecule has 0 saturated heterocycles. The van der Waals surface area contributed by atoms with Crippen molar-refractivity contribution in [3.63, 3.8) is 0 Å². The number of hydrogen-bond donors (Lipinski definition) is 1. The molecule has 2 nitrogen and oxygen atoms in total. The van der Waals surface area contributed by atoms with Gasteiger partial charge in [0.2, 0.25) is 0 Å². The highest BCUT2D eigenvalue weighted by atomic mass is 19.2. The molecule has 2 N–H and O–H groups in total. The van der Waals surface area contributed by atoms with Crippen LogP contribution in [0, 0.1) is 11.6 Å². The van der Waals surface area contributed by atoms with Crippen LogP contribution >= 0.6 is 0 Å². The Balaban J connectivity index is 1.99. The summed E-state index contributed by atoms with van der Waals surface area (Å²) in [6, 6.07) is 7.32. The number of aromatic nitrogens is 1. The minimum atomic E-state index is -0.855. The lowest BCUT2D eigenvalue weighted by molar-refractivity contribution is 0.504. The van der Waals surface area contributed by atoms with Gasteiger partial charge in [0.25, 0.3) is 0 Å². The van der Waals surface area contributed by atoms with E-state index in [9.17, 15) is 8.78 Å². The van der Waals surface area contributed by atoms with Gasteiger partial charge >= 0.3 is 0 Å². The first-order valence-electron chi connectivity index (χ1n) is 5.76. The van der Waals surface area contributed by atoms with Gasteiger partial charge in [-0.2, -0.15) is 0 Å². The van der Waals surface area contributed by atoms with Gasteiger partial charge in [-0.1, -0.05) is 6.07 Å². The van der Waals surface area contributed by atoms with Crippen LogP contribution in [0.2, 0.25) is 0 Å². The highest BCUT2D eigenvalue weighted by Crippen LogP contribution is 2.18. The molecule has 1 aromatic carbocycles. The Morgan fingerprint density at radius 3 is 2.44 bits per heavy atom. The van der Waals surface area contributed by atoms with Gasteiger partial charge in [-0.25, -0.2) is 8.78 Å². The van der Waals surface area contributed by atoms with Crippen molar-refractivity contribution in [3.8, 4) is 0 Å². The van der Waals surface area contributed by atoms with Gasteiger partial charge in [0.1, 0.15) is 0 Å². The number of hydrogen-bond acceptors (Lipinski definition) is 2. The summed E-state index contributed by atoms with van der Waals surface area (Å²) >= 11 is 0. The molecule has 0 saturated carbocycles. The summed E-state index contributed by atoms with van der Waals surface area (Å²) in [5.74, 6) is -1.70. The van der Waals surface area contributed by atoms with Gasteiger partial charge in [0.05, 0.1) is 0 Å². The van der Waals surface area contributed by atoms with Crippen LogP contribution in [0.4, 0.5) is 8.78 Å². The Morgan fingerprint density at radius 1 is 1.06 bits per heavy atom. The molecule has 0 spiro atoms. The summed E-state index contributed by atoms with van der Waals surface area (Å²) in [6.07, 6.45) is 4.90. The Labute approximate surface area is 104 Å². The Bertz CT molecular complexity index is 514. The first-order chi connectivity index (χ1) is 8.66. The number of nitrogens with zero attached hydrogens (tertiary/aromatic N) is 1. The van der Waals surface area contributed by atoms with Crippen molar-refractivity contribution >= 4 is 0 Å². The first kappa shape index (κ1) is 12.6. The van der Waals surface area contributed by atoms with E-state index in [1.54, 1.807) is 12.4 Å². The molecule has 94 valence electrons. The smallest absolute Gasteiger partial charge is 0.159 e. The van der Waals surface area contributed by atoms with E-state index in [0.717, 1.165) is 24.1 Å². The largest absolute Gasteiger partial charge is 0.324 e. The van der Waals surface area contributed by atoms with Gasteiger partial charge in [-0.3, -0.25) is 4.98 Å². The van der Waals surface area contributed by atoms with E-state index in [1.165, 1.54) is 6.07 Å². The lowest BCUT2D eigenvalue weighted by Gasteiger charge is -2.12. The lowest BCUT2D eigenvalue weighted by atomic mass is 10.00. The molecule has 1 heterocycles. The summed E-state index contributed by atoms with van der Waals surface area (Å²) in [5.41, 5.74) is 7.70. The van der Waals surface area contributed by atoms with Crippen molar-refractivity contribution in [2.75, 3.05) is 0 Å². The Hall–Kier alpha value is -1.81. The molecular weight excluding hydrogens is 234 g/mol. The standard InChI is InChI=1S/C14H14F2N2/c15-12-3-2-11(9-13(12)16)14(17)4-1-10-5-7-18-8-6-10/h2-3,5-9,14H,1,4,17H2. The summed E-state index contributed by atoms with van der Waals surface area (Å²) in [4.78, 5) is 3.93. The molecule has 1 aromatic heterocycles.